The number of amides is 1. The number of nitrogens with one attached hydrogen (secondary N) is 1. The maximum absolute atomic E-state index is 12.2. The SMILES string of the molecule is O=C(/C=C/c1ccc([N+](=O)[O-])cc1)Nc1cccc(-c2ccc3nncn3n2)c1. The lowest BCUT2D eigenvalue weighted by Gasteiger charge is -2.06. The first-order chi connectivity index (χ1) is 14.1. The van der Waals surface area contributed by atoms with Crippen molar-refractivity contribution in [2.24, 2.45) is 0 Å². The average Bonchev–Trinajstić information content (AvgIpc) is 3.20. The van der Waals surface area contributed by atoms with Gasteiger partial charge < -0.3 is 5.32 Å². The number of non-ortho nitro benzene ring substituents is 1. The molecule has 29 heavy (non-hydrogen) atoms. The summed E-state index contributed by atoms with van der Waals surface area (Å²) in [6.45, 7) is 0. The highest BCUT2D eigenvalue weighted by Crippen LogP contribution is 2.21. The summed E-state index contributed by atoms with van der Waals surface area (Å²) in [6.07, 6.45) is 4.48. The Bertz CT molecular complexity index is 1230. The molecule has 142 valence electrons. The van der Waals surface area contributed by atoms with Crippen LogP contribution in [0.1, 0.15) is 5.56 Å². The number of hydrogen-bond donors (Lipinski definition) is 1. The summed E-state index contributed by atoms with van der Waals surface area (Å²) in [7, 11) is 0. The maximum atomic E-state index is 12.2. The smallest absolute Gasteiger partial charge is 0.269 e. The molecule has 4 rings (SSSR count). The Balaban J connectivity index is 1.47. The van der Waals surface area contributed by atoms with Crippen LogP contribution in [0.15, 0.2) is 73.1 Å². The Kier molecular flexibility index (Phi) is 4.77. The van der Waals surface area contributed by atoms with E-state index in [0.29, 0.717) is 16.9 Å². The minimum Gasteiger partial charge on any atom is -0.322 e. The van der Waals surface area contributed by atoms with Gasteiger partial charge in [0, 0.05) is 29.5 Å². The van der Waals surface area contributed by atoms with Crippen molar-refractivity contribution in [3.63, 3.8) is 0 Å². The van der Waals surface area contributed by atoms with E-state index < -0.39 is 4.92 Å². The molecule has 0 saturated heterocycles. The largest absolute Gasteiger partial charge is 0.322 e. The van der Waals surface area contributed by atoms with Gasteiger partial charge in [-0.1, -0.05) is 12.1 Å². The summed E-state index contributed by atoms with van der Waals surface area (Å²) in [6, 6.07) is 16.9. The first kappa shape index (κ1) is 18.0. The Morgan fingerprint density at radius 2 is 1.93 bits per heavy atom. The highest BCUT2D eigenvalue weighted by Gasteiger charge is 2.06. The van der Waals surface area contributed by atoms with Crippen molar-refractivity contribution < 1.29 is 9.72 Å². The molecule has 0 bridgehead atoms. The van der Waals surface area contributed by atoms with Crippen LogP contribution in [0, 0.1) is 10.1 Å². The Morgan fingerprint density at radius 3 is 2.72 bits per heavy atom. The topological polar surface area (TPSA) is 115 Å². The quantitative estimate of drug-likeness (QED) is 0.319. The summed E-state index contributed by atoms with van der Waals surface area (Å²) >= 11 is 0. The minimum atomic E-state index is -0.469. The molecule has 0 aliphatic heterocycles. The molecule has 9 heteroatoms. The molecule has 0 saturated carbocycles. The van der Waals surface area contributed by atoms with Crippen LogP contribution in [0.25, 0.3) is 23.0 Å². The maximum Gasteiger partial charge on any atom is 0.269 e. The van der Waals surface area contributed by atoms with E-state index in [1.165, 1.54) is 24.5 Å². The van der Waals surface area contributed by atoms with Gasteiger partial charge in [-0.2, -0.15) is 9.61 Å². The van der Waals surface area contributed by atoms with Crippen molar-refractivity contribution in [2.75, 3.05) is 5.32 Å². The molecule has 1 N–H and O–H groups in total. The van der Waals surface area contributed by atoms with Gasteiger partial charge >= 0.3 is 0 Å². The summed E-state index contributed by atoms with van der Waals surface area (Å²) in [5.41, 5.74) is 3.50. The predicted molar refractivity (Wildman–Crippen MR) is 107 cm³/mol. The monoisotopic (exact) mass is 386 g/mol. The van der Waals surface area contributed by atoms with Crippen LogP contribution in [0.3, 0.4) is 0 Å². The number of anilines is 1. The lowest BCUT2D eigenvalue weighted by Crippen LogP contribution is -2.07. The average molecular weight is 386 g/mol. The van der Waals surface area contributed by atoms with Crippen LogP contribution in [0.2, 0.25) is 0 Å². The van der Waals surface area contributed by atoms with E-state index in [4.69, 9.17) is 0 Å². The second-order valence-electron chi connectivity index (χ2n) is 6.10. The number of benzene rings is 2. The second kappa shape index (κ2) is 7.69. The molecule has 0 atom stereocenters. The van der Waals surface area contributed by atoms with Crippen molar-refractivity contribution in [3.8, 4) is 11.3 Å². The van der Waals surface area contributed by atoms with E-state index in [2.05, 4.69) is 20.6 Å². The fraction of sp³-hybridized carbons (Fsp3) is 0. The molecule has 0 radical (unpaired) electrons. The number of nitro benzene ring substituents is 1. The summed E-state index contributed by atoms with van der Waals surface area (Å²) < 4.78 is 1.58. The number of nitrogens with zero attached hydrogens (tertiary/aromatic N) is 5. The van der Waals surface area contributed by atoms with Gasteiger partial charge in [-0.3, -0.25) is 14.9 Å². The molecule has 9 nitrogen and oxygen atoms in total. The van der Waals surface area contributed by atoms with Crippen LogP contribution in [-0.4, -0.2) is 30.6 Å². The Hall–Kier alpha value is -4.40. The van der Waals surface area contributed by atoms with Crippen molar-refractivity contribution in [1.29, 1.82) is 0 Å². The van der Waals surface area contributed by atoms with Crippen molar-refractivity contribution in [3.05, 3.63) is 88.7 Å². The van der Waals surface area contributed by atoms with Gasteiger partial charge in [-0.15, -0.1) is 10.2 Å². The van der Waals surface area contributed by atoms with Crippen molar-refractivity contribution in [2.45, 2.75) is 0 Å². The van der Waals surface area contributed by atoms with E-state index in [9.17, 15) is 14.9 Å². The lowest BCUT2D eigenvalue weighted by atomic mass is 10.1. The zero-order valence-electron chi connectivity index (χ0n) is 15.0. The van der Waals surface area contributed by atoms with E-state index in [0.717, 1.165) is 11.3 Å². The standard InChI is InChI=1S/C20H14N6O3/c27-20(11-6-14-4-7-17(8-5-14)26(28)29)22-16-3-1-2-15(12-16)18-9-10-19-23-21-13-25(19)24-18/h1-13H,(H,22,27)/b11-6+. The predicted octanol–water partition coefficient (Wildman–Crippen LogP) is 3.35. The Morgan fingerprint density at radius 1 is 1.10 bits per heavy atom. The Labute approximate surface area is 164 Å². The van der Waals surface area contributed by atoms with E-state index in [1.807, 2.05) is 30.3 Å². The highest BCUT2D eigenvalue weighted by molar-refractivity contribution is 6.02. The molecular formula is C20H14N6O3. The van der Waals surface area contributed by atoms with Gasteiger partial charge in [0.15, 0.2) is 5.65 Å². The van der Waals surface area contributed by atoms with Gasteiger partial charge in [-0.05, 0) is 48.0 Å². The molecule has 4 aromatic rings. The van der Waals surface area contributed by atoms with Crippen LogP contribution < -0.4 is 5.32 Å². The number of hydrogen-bond acceptors (Lipinski definition) is 6. The summed E-state index contributed by atoms with van der Waals surface area (Å²) in [5.74, 6) is -0.317. The number of nitro groups is 1. The molecule has 2 aromatic heterocycles. The van der Waals surface area contributed by atoms with Crippen LogP contribution in [0.4, 0.5) is 11.4 Å². The molecule has 0 unspecified atom stereocenters. The second-order valence-corrected chi connectivity index (χ2v) is 6.10. The third-order valence-electron chi connectivity index (χ3n) is 4.12. The molecular weight excluding hydrogens is 372 g/mol. The summed E-state index contributed by atoms with van der Waals surface area (Å²) in [4.78, 5) is 22.4. The zero-order chi connectivity index (χ0) is 20.2. The molecule has 0 aliphatic carbocycles. The molecule has 2 aromatic carbocycles. The van der Waals surface area contributed by atoms with E-state index in [1.54, 1.807) is 28.8 Å². The highest BCUT2D eigenvalue weighted by atomic mass is 16.6. The summed E-state index contributed by atoms with van der Waals surface area (Å²) in [5, 5.41) is 25.6. The normalized spacial score (nSPS) is 11.0. The number of fused-ring (bicyclic) bond motifs is 1. The first-order valence-corrected chi connectivity index (χ1v) is 8.59. The van der Waals surface area contributed by atoms with Crippen LogP contribution in [-0.2, 0) is 4.79 Å². The van der Waals surface area contributed by atoms with Gasteiger partial charge in [-0.25, -0.2) is 0 Å². The number of carbonyl (C=O) groups is 1. The van der Waals surface area contributed by atoms with Crippen molar-refractivity contribution in [1.82, 2.24) is 19.8 Å². The molecule has 0 spiro atoms. The lowest BCUT2D eigenvalue weighted by molar-refractivity contribution is -0.384. The minimum absolute atomic E-state index is 0.00156. The number of rotatable bonds is 5. The number of carbonyl (C=O) groups excluding carboxylic acids is 1. The third kappa shape index (κ3) is 4.14. The van der Waals surface area contributed by atoms with Gasteiger partial charge in [0.1, 0.15) is 6.33 Å². The van der Waals surface area contributed by atoms with E-state index in [-0.39, 0.29) is 11.6 Å². The van der Waals surface area contributed by atoms with E-state index >= 15 is 0 Å². The fourth-order valence-electron chi connectivity index (χ4n) is 2.70. The van der Waals surface area contributed by atoms with Gasteiger partial charge in [0.25, 0.3) is 5.69 Å². The fourth-order valence-corrected chi connectivity index (χ4v) is 2.70. The third-order valence-corrected chi connectivity index (χ3v) is 4.12. The first-order valence-electron chi connectivity index (χ1n) is 8.59. The van der Waals surface area contributed by atoms with Gasteiger partial charge in [0.05, 0.1) is 10.6 Å². The molecule has 2 heterocycles. The van der Waals surface area contributed by atoms with Crippen LogP contribution >= 0.6 is 0 Å². The van der Waals surface area contributed by atoms with Crippen molar-refractivity contribution >= 4 is 29.0 Å². The molecule has 0 fully saturated rings. The zero-order valence-corrected chi connectivity index (χ0v) is 15.0. The van der Waals surface area contributed by atoms with Crippen LogP contribution in [0.5, 0.6) is 0 Å². The number of aromatic nitrogens is 4. The molecule has 0 aliphatic rings. The van der Waals surface area contributed by atoms with Gasteiger partial charge in [0.2, 0.25) is 5.91 Å². The molecule has 1 amide bonds.